The maximum absolute atomic E-state index is 13.2. The van der Waals surface area contributed by atoms with E-state index in [-0.39, 0.29) is 12.4 Å². The fraction of sp³-hybridized carbons (Fsp3) is 0.0769. The molecule has 1 aromatic heterocycles. The van der Waals surface area contributed by atoms with Gasteiger partial charge >= 0.3 is 0 Å². The van der Waals surface area contributed by atoms with E-state index in [0.29, 0.717) is 0 Å². The van der Waals surface area contributed by atoms with E-state index < -0.39 is 11.7 Å². The number of nitrogens with zero attached hydrogens (tertiary/aromatic N) is 1. The monoisotopic (exact) mass is 356 g/mol. The minimum Gasteiger partial charge on any atom is -0.481 e. The molecular formula is C13H10BrFN2O2S. The molecule has 0 spiro atoms. The molecule has 2 rings (SSSR count). The Kier molecular flexibility index (Phi) is 5.25. The van der Waals surface area contributed by atoms with Crippen molar-refractivity contribution in [1.29, 1.82) is 0 Å². The van der Waals surface area contributed by atoms with Gasteiger partial charge in [-0.1, -0.05) is 12.1 Å². The molecule has 1 heterocycles. The molecule has 1 aromatic carbocycles. The number of carbonyl (C=O) groups is 1. The summed E-state index contributed by atoms with van der Waals surface area (Å²) in [4.78, 5) is 12.3. The Labute approximate surface area is 127 Å². The van der Waals surface area contributed by atoms with Crippen LogP contribution in [-0.4, -0.2) is 18.7 Å². The van der Waals surface area contributed by atoms with E-state index in [4.69, 9.17) is 4.74 Å². The van der Waals surface area contributed by atoms with Gasteiger partial charge in [-0.25, -0.2) is 9.82 Å². The molecule has 0 radical (unpaired) electrons. The lowest BCUT2D eigenvalue weighted by atomic mass is 10.3. The summed E-state index contributed by atoms with van der Waals surface area (Å²) < 4.78 is 19.2. The minimum absolute atomic E-state index is 0.0359. The molecule has 0 atom stereocenters. The first kappa shape index (κ1) is 14.7. The zero-order valence-corrected chi connectivity index (χ0v) is 12.6. The van der Waals surface area contributed by atoms with Crippen LogP contribution in [0.5, 0.6) is 5.75 Å². The van der Waals surface area contributed by atoms with Crippen molar-refractivity contribution in [2.24, 2.45) is 5.10 Å². The van der Waals surface area contributed by atoms with Crippen LogP contribution < -0.4 is 10.2 Å². The maximum Gasteiger partial charge on any atom is 0.277 e. The Hall–Kier alpha value is -1.73. The fourth-order valence-electron chi connectivity index (χ4n) is 1.30. The van der Waals surface area contributed by atoms with Crippen LogP contribution in [0.2, 0.25) is 0 Å². The van der Waals surface area contributed by atoms with Crippen molar-refractivity contribution >= 4 is 39.4 Å². The van der Waals surface area contributed by atoms with Crippen molar-refractivity contribution in [3.63, 3.8) is 0 Å². The second-order valence-corrected chi connectivity index (χ2v) is 5.54. The molecule has 1 amide bonds. The fourth-order valence-corrected chi connectivity index (χ4v) is 2.61. The van der Waals surface area contributed by atoms with Crippen molar-refractivity contribution in [2.75, 3.05) is 6.61 Å². The van der Waals surface area contributed by atoms with Gasteiger partial charge in [0.2, 0.25) is 0 Å². The molecule has 0 saturated carbocycles. The highest BCUT2D eigenvalue weighted by molar-refractivity contribution is 9.10. The predicted octanol–water partition coefficient (Wildman–Crippen LogP) is 3.18. The van der Waals surface area contributed by atoms with Gasteiger partial charge in [0.15, 0.2) is 18.2 Å². The van der Waals surface area contributed by atoms with Gasteiger partial charge in [-0.05, 0) is 34.1 Å². The lowest BCUT2D eigenvalue weighted by molar-refractivity contribution is -0.123. The number of halogens is 2. The standard InChI is InChI=1S/C13H10BrFN2O2S/c14-9-5-10(20-8-9)6-16-17-13(18)7-19-12-4-2-1-3-11(12)15/h1-6,8H,7H2,(H,17,18)/b16-6-. The van der Waals surface area contributed by atoms with Gasteiger partial charge < -0.3 is 4.74 Å². The Morgan fingerprint density at radius 1 is 1.50 bits per heavy atom. The van der Waals surface area contributed by atoms with Crippen molar-refractivity contribution in [3.05, 3.63) is 50.9 Å². The molecule has 0 unspecified atom stereocenters. The van der Waals surface area contributed by atoms with E-state index in [0.717, 1.165) is 9.35 Å². The number of carbonyl (C=O) groups excluding carboxylic acids is 1. The first-order chi connectivity index (χ1) is 9.65. The second-order valence-electron chi connectivity index (χ2n) is 3.68. The maximum atomic E-state index is 13.2. The zero-order chi connectivity index (χ0) is 14.4. The van der Waals surface area contributed by atoms with Crippen LogP contribution in [0.3, 0.4) is 0 Å². The number of ether oxygens (including phenoxy) is 1. The van der Waals surface area contributed by atoms with E-state index in [1.54, 1.807) is 12.1 Å². The summed E-state index contributed by atoms with van der Waals surface area (Å²) in [6, 6.07) is 7.76. The van der Waals surface area contributed by atoms with Gasteiger partial charge in [-0.3, -0.25) is 4.79 Å². The summed E-state index contributed by atoms with van der Waals surface area (Å²) in [6.45, 7) is -0.299. The lowest BCUT2D eigenvalue weighted by Gasteiger charge is -2.05. The van der Waals surface area contributed by atoms with Gasteiger partial charge in [-0.2, -0.15) is 5.10 Å². The Bertz CT molecular complexity index is 630. The van der Waals surface area contributed by atoms with Crippen LogP contribution >= 0.6 is 27.3 Å². The van der Waals surface area contributed by atoms with Gasteiger partial charge in [0.05, 0.1) is 6.21 Å². The van der Waals surface area contributed by atoms with Crippen LogP contribution in [0.15, 0.2) is 45.3 Å². The number of hydrazone groups is 1. The highest BCUT2D eigenvalue weighted by Crippen LogP contribution is 2.17. The molecule has 0 bridgehead atoms. The third-order valence-electron chi connectivity index (χ3n) is 2.16. The summed E-state index contributed by atoms with van der Waals surface area (Å²) in [6.07, 6.45) is 1.52. The van der Waals surface area contributed by atoms with Crippen LogP contribution in [0.25, 0.3) is 0 Å². The smallest absolute Gasteiger partial charge is 0.277 e. The van der Waals surface area contributed by atoms with Gasteiger partial charge in [-0.15, -0.1) is 11.3 Å². The van der Waals surface area contributed by atoms with Crippen molar-refractivity contribution in [2.45, 2.75) is 0 Å². The molecule has 104 valence electrons. The minimum atomic E-state index is -0.507. The van der Waals surface area contributed by atoms with Crippen molar-refractivity contribution in [1.82, 2.24) is 5.43 Å². The lowest BCUT2D eigenvalue weighted by Crippen LogP contribution is -2.24. The van der Waals surface area contributed by atoms with Crippen LogP contribution in [0.4, 0.5) is 4.39 Å². The number of rotatable bonds is 5. The van der Waals surface area contributed by atoms with Crippen LogP contribution in [0.1, 0.15) is 4.88 Å². The Morgan fingerprint density at radius 3 is 3.00 bits per heavy atom. The average Bonchev–Trinajstić information content (AvgIpc) is 2.83. The predicted molar refractivity (Wildman–Crippen MR) is 79.7 cm³/mol. The molecule has 0 aliphatic rings. The number of hydrogen-bond donors (Lipinski definition) is 1. The van der Waals surface area contributed by atoms with E-state index in [1.165, 1.54) is 29.7 Å². The van der Waals surface area contributed by atoms with Gasteiger partial charge in [0.1, 0.15) is 0 Å². The summed E-state index contributed by atoms with van der Waals surface area (Å²) in [5.41, 5.74) is 2.30. The van der Waals surface area contributed by atoms with Crippen molar-refractivity contribution < 1.29 is 13.9 Å². The highest BCUT2D eigenvalue weighted by atomic mass is 79.9. The number of thiophene rings is 1. The number of benzene rings is 1. The van der Waals surface area contributed by atoms with E-state index in [2.05, 4.69) is 26.5 Å². The summed E-state index contributed by atoms with van der Waals surface area (Å²) in [5, 5.41) is 5.69. The molecule has 20 heavy (non-hydrogen) atoms. The largest absolute Gasteiger partial charge is 0.481 e. The third kappa shape index (κ3) is 4.43. The molecule has 0 saturated heterocycles. The second kappa shape index (κ2) is 7.16. The number of hydrogen-bond acceptors (Lipinski definition) is 4. The molecule has 2 aromatic rings. The van der Waals surface area contributed by atoms with E-state index in [1.807, 2.05) is 11.4 Å². The summed E-state index contributed by atoms with van der Waals surface area (Å²) in [7, 11) is 0. The SMILES string of the molecule is O=C(COc1ccccc1F)N/N=C\c1cc(Br)cs1. The van der Waals surface area contributed by atoms with E-state index >= 15 is 0 Å². The van der Waals surface area contributed by atoms with Crippen LogP contribution in [0, 0.1) is 5.82 Å². The molecule has 0 aliphatic carbocycles. The number of amides is 1. The average molecular weight is 357 g/mol. The van der Waals surface area contributed by atoms with Gasteiger partial charge in [0.25, 0.3) is 5.91 Å². The third-order valence-corrected chi connectivity index (χ3v) is 3.79. The first-order valence-electron chi connectivity index (χ1n) is 5.58. The molecule has 0 fully saturated rings. The Morgan fingerprint density at radius 2 is 2.30 bits per heavy atom. The van der Waals surface area contributed by atoms with E-state index in [9.17, 15) is 9.18 Å². The highest BCUT2D eigenvalue weighted by Gasteiger charge is 2.05. The molecule has 4 nitrogen and oxygen atoms in total. The summed E-state index contributed by atoms with van der Waals surface area (Å²) in [5.74, 6) is -0.929. The quantitative estimate of drug-likeness (QED) is 0.660. The van der Waals surface area contributed by atoms with Crippen molar-refractivity contribution in [3.8, 4) is 5.75 Å². The molecule has 7 heteroatoms. The number of nitrogens with one attached hydrogen (secondary N) is 1. The van der Waals surface area contributed by atoms with Gasteiger partial charge in [0, 0.05) is 14.7 Å². The number of para-hydroxylation sites is 1. The summed E-state index contributed by atoms with van der Waals surface area (Å²) >= 11 is 4.80. The first-order valence-corrected chi connectivity index (χ1v) is 7.25. The Balaban J connectivity index is 1.78. The zero-order valence-electron chi connectivity index (χ0n) is 10.2. The molecule has 1 N–H and O–H groups in total. The molecule has 0 aliphatic heterocycles. The molecular weight excluding hydrogens is 347 g/mol. The normalized spacial score (nSPS) is 10.7. The topological polar surface area (TPSA) is 50.7 Å². The van der Waals surface area contributed by atoms with Crippen LogP contribution in [-0.2, 0) is 4.79 Å².